The van der Waals surface area contributed by atoms with E-state index in [0.717, 1.165) is 12.1 Å². The van der Waals surface area contributed by atoms with Crippen molar-refractivity contribution in [2.45, 2.75) is 44.8 Å². The average Bonchev–Trinajstić information content (AvgIpc) is 3.11. The van der Waals surface area contributed by atoms with Crippen molar-refractivity contribution in [2.75, 3.05) is 6.54 Å². The molecule has 0 amide bonds. The molecule has 1 aromatic carbocycles. The summed E-state index contributed by atoms with van der Waals surface area (Å²) >= 11 is 0. The molecule has 1 aromatic rings. The fourth-order valence-corrected chi connectivity index (χ4v) is 2.55. The van der Waals surface area contributed by atoms with E-state index in [0.29, 0.717) is 6.04 Å². The third kappa shape index (κ3) is 2.85. The number of benzene rings is 1. The van der Waals surface area contributed by atoms with Gasteiger partial charge in [-0.1, -0.05) is 19.1 Å². The van der Waals surface area contributed by atoms with E-state index in [1.807, 2.05) is 19.1 Å². The zero-order chi connectivity index (χ0) is 12.4. The van der Waals surface area contributed by atoms with Gasteiger partial charge in [0, 0.05) is 18.1 Å². The van der Waals surface area contributed by atoms with Gasteiger partial charge in [0.2, 0.25) is 0 Å². The van der Waals surface area contributed by atoms with Gasteiger partial charge in [0.25, 0.3) is 0 Å². The van der Waals surface area contributed by atoms with Gasteiger partial charge in [-0.2, -0.15) is 0 Å². The number of nitrogens with zero attached hydrogens (tertiary/aromatic N) is 1. The third-order valence-corrected chi connectivity index (χ3v) is 3.45. The molecule has 0 aromatic heterocycles. The lowest BCUT2D eigenvalue weighted by atomic mass is 9.99. The van der Waals surface area contributed by atoms with E-state index in [9.17, 15) is 4.39 Å². The van der Waals surface area contributed by atoms with Gasteiger partial charge in [-0.25, -0.2) is 4.39 Å². The molecular weight excluding hydrogens is 215 g/mol. The normalized spacial score (nSPS) is 19.4. The van der Waals surface area contributed by atoms with Crippen molar-refractivity contribution in [3.63, 3.8) is 0 Å². The minimum atomic E-state index is -0.188. The highest BCUT2D eigenvalue weighted by Gasteiger charge is 2.35. The fraction of sp³-hybridized carbons (Fsp3) is 0.571. The van der Waals surface area contributed by atoms with Crippen LogP contribution in [0.3, 0.4) is 0 Å². The number of rotatable bonds is 5. The first-order valence-corrected chi connectivity index (χ1v) is 6.40. The van der Waals surface area contributed by atoms with Gasteiger partial charge in [-0.15, -0.1) is 0 Å². The maximum atomic E-state index is 13.0. The molecule has 1 aliphatic carbocycles. The summed E-state index contributed by atoms with van der Waals surface area (Å²) in [5.74, 6) is -0.188. The molecule has 2 N–H and O–H groups in total. The Bertz CT molecular complexity index is 357. The average molecular weight is 236 g/mol. The molecule has 2 rings (SSSR count). The molecule has 94 valence electrons. The first-order chi connectivity index (χ1) is 8.13. The minimum absolute atomic E-state index is 0.0565. The van der Waals surface area contributed by atoms with Crippen LogP contribution in [-0.2, 0) is 0 Å². The minimum Gasteiger partial charge on any atom is -0.326 e. The highest BCUT2D eigenvalue weighted by atomic mass is 19.1. The van der Waals surface area contributed by atoms with Crippen molar-refractivity contribution >= 4 is 0 Å². The van der Waals surface area contributed by atoms with E-state index < -0.39 is 0 Å². The van der Waals surface area contributed by atoms with Crippen LogP contribution in [0.4, 0.5) is 4.39 Å². The van der Waals surface area contributed by atoms with Crippen LogP contribution in [0.25, 0.3) is 0 Å². The zero-order valence-electron chi connectivity index (χ0n) is 10.6. The molecule has 0 spiro atoms. The molecule has 1 fully saturated rings. The van der Waals surface area contributed by atoms with Gasteiger partial charge in [-0.05, 0) is 44.0 Å². The molecule has 3 heteroatoms. The molecule has 1 aliphatic rings. The first-order valence-electron chi connectivity index (χ1n) is 6.40. The van der Waals surface area contributed by atoms with Crippen LogP contribution < -0.4 is 5.73 Å². The van der Waals surface area contributed by atoms with Crippen molar-refractivity contribution in [2.24, 2.45) is 5.73 Å². The van der Waals surface area contributed by atoms with Crippen LogP contribution in [0.2, 0.25) is 0 Å². The van der Waals surface area contributed by atoms with E-state index in [4.69, 9.17) is 5.73 Å². The Balaban J connectivity index is 2.24. The number of halogens is 1. The van der Waals surface area contributed by atoms with Crippen LogP contribution in [0.1, 0.15) is 38.3 Å². The summed E-state index contributed by atoms with van der Waals surface area (Å²) in [5, 5.41) is 0. The molecule has 0 heterocycles. The molecular formula is C14H21FN2. The maximum absolute atomic E-state index is 13.0. The van der Waals surface area contributed by atoms with E-state index in [1.165, 1.54) is 25.0 Å². The van der Waals surface area contributed by atoms with E-state index in [2.05, 4.69) is 11.8 Å². The van der Waals surface area contributed by atoms with E-state index in [1.54, 1.807) is 0 Å². The summed E-state index contributed by atoms with van der Waals surface area (Å²) in [6, 6.07) is 7.68. The van der Waals surface area contributed by atoms with Crippen molar-refractivity contribution < 1.29 is 4.39 Å². The lowest BCUT2D eigenvalue weighted by molar-refractivity contribution is 0.175. The Labute approximate surface area is 103 Å². The monoisotopic (exact) mass is 236 g/mol. The Morgan fingerprint density at radius 1 is 1.35 bits per heavy atom. The molecule has 0 bridgehead atoms. The number of hydrogen-bond acceptors (Lipinski definition) is 2. The molecule has 2 unspecified atom stereocenters. The van der Waals surface area contributed by atoms with Gasteiger partial charge in [0.05, 0.1) is 0 Å². The third-order valence-electron chi connectivity index (χ3n) is 3.45. The molecule has 1 saturated carbocycles. The van der Waals surface area contributed by atoms with E-state index in [-0.39, 0.29) is 17.9 Å². The van der Waals surface area contributed by atoms with Gasteiger partial charge in [0.15, 0.2) is 0 Å². The molecule has 17 heavy (non-hydrogen) atoms. The second kappa shape index (κ2) is 5.15. The van der Waals surface area contributed by atoms with Crippen LogP contribution in [0.15, 0.2) is 24.3 Å². The van der Waals surface area contributed by atoms with Crippen molar-refractivity contribution in [3.05, 3.63) is 35.6 Å². The van der Waals surface area contributed by atoms with Gasteiger partial charge >= 0.3 is 0 Å². The first kappa shape index (κ1) is 12.5. The summed E-state index contributed by atoms with van der Waals surface area (Å²) in [6.45, 7) is 5.19. The lowest BCUT2D eigenvalue weighted by Crippen LogP contribution is -2.40. The summed E-state index contributed by atoms with van der Waals surface area (Å²) in [6.07, 6.45) is 2.52. The van der Waals surface area contributed by atoms with Crippen molar-refractivity contribution in [3.8, 4) is 0 Å². The van der Waals surface area contributed by atoms with Crippen LogP contribution in [0.5, 0.6) is 0 Å². The highest BCUT2D eigenvalue weighted by molar-refractivity contribution is 5.22. The second-order valence-corrected chi connectivity index (χ2v) is 4.92. The summed E-state index contributed by atoms with van der Waals surface area (Å²) in [7, 11) is 0. The van der Waals surface area contributed by atoms with Crippen LogP contribution >= 0.6 is 0 Å². The SMILES string of the molecule is CCN(C1CC1)C(c1ccc(F)cc1)C(C)N. The molecule has 0 aliphatic heterocycles. The second-order valence-electron chi connectivity index (χ2n) is 4.92. The summed E-state index contributed by atoms with van der Waals surface area (Å²) in [5.41, 5.74) is 7.23. The Morgan fingerprint density at radius 3 is 2.35 bits per heavy atom. The number of hydrogen-bond donors (Lipinski definition) is 1. The van der Waals surface area contributed by atoms with Gasteiger partial charge < -0.3 is 5.73 Å². The van der Waals surface area contributed by atoms with E-state index >= 15 is 0 Å². The van der Waals surface area contributed by atoms with Crippen LogP contribution in [0, 0.1) is 5.82 Å². The van der Waals surface area contributed by atoms with Gasteiger partial charge in [-0.3, -0.25) is 4.90 Å². The lowest BCUT2D eigenvalue weighted by Gasteiger charge is -2.34. The van der Waals surface area contributed by atoms with Crippen molar-refractivity contribution in [1.82, 2.24) is 4.90 Å². The quantitative estimate of drug-likeness (QED) is 0.851. The maximum Gasteiger partial charge on any atom is 0.123 e. The van der Waals surface area contributed by atoms with Crippen LogP contribution in [-0.4, -0.2) is 23.5 Å². The summed E-state index contributed by atoms with van der Waals surface area (Å²) < 4.78 is 13.0. The van der Waals surface area contributed by atoms with Crippen molar-refractivity contribution in [1.29, 1.82) is 0 Å². The van der Waals surface area contributed by atoms with Gasteiger partial charge in [0.1, 0.15) is 5.82 Å². The standard InChI is InChI=1S/C14H21FN2/c1-3-17(13-8-9-13)14(10(2)16)11-4-6-12(15)7-5-11/h4-7,10,13-14H,3,8-9,16H2,1-2H3. The fourth-order valence-electron chi connectivity index (χ4n) is 2.55. The Kier molecular flexibility index (Phi) is 3.79. The zero-order valence-corrected chi connectivity index (χ0v) is 10.6. The predicted molar refractivity (Wildman–Crippen MR) is 68.2 cm³/mol. The molecule has 2 atom stereocenters. The number of likely N-dealkylation sites (N-methyl/N-ethyl adjacent to an activating group) is 1. The molecule has 2 nitrogen and oxygen atoms in total. The Morgan fingerprint density at radius 2 is 1.94 bits per heavy atom. The topological polar surface area (TPSA) is 29.3 Å². The smallest absolute Gasteiger partial charge is 0.123 e. The largest absolute Gasteiger partial charge is 0.326 e. The summed E-state index contributed by atoms with van der Waals surface area (Å²) in [4.78, 5) is 2.44. The number of nitrogens with two attached hydrogens (primary N) is 1. The molecule has 0 saturated heterocycles. The Hall–Kier alpha value is -0.930. The molecule has 0 radical (unpaired) electrons. The highest BCUT2D eigenvalue weighted by Crippen LogP contribution is 2.35. The predicted octanol–water partition coefficient (Wildman–Crippen LogP) is 2.70.